The van der Waals surface area contributed by atoms with Crippen molar-refractivity contribution in [1.29, 1.82) is 0 Å². The van der Waals surface area contributed by atoms with Crippen LogP contribution in [0.2, 0.25) is 5.02 Å². The monoisotopic (exact) mass is 440 g/mol. The van der Waals surface area contributed by atoms with Crippen LogP contribution in [-0.2, 0) is 15.8 Å². The van der Waals surface area contributed by atoms with Gasteiger partial charge in [-0.1, -0.05) is 11.6 Å². The minimum absolute atomic E-state index is 0.0869. The molecule has 1 heterocycles. The van der Waals surface area contributed by atoms with E-state index in [9.17, 15) is 27.6 Å². The fraction of sp³-hybridized carbons (Fsp3) is 0.250. The number of nitrogens with one attached hydrogen (secondary N) is 1. The molecule has 0 spiro atoms. The van der Waals surface area contributed by atoms with E-state index in [2.05, 4.69) is 5.32 Å². The fourth-order valence-electron chi connectivity index (χ4n) is 2.97. The number of hydrogen-bond acceptors (Lipinski definition) is 4. The Labute approximate surface area is 174 Å². The third-order valence-electron chi connectivity index (χ3n) is 4.56. The number of fused-ring (bicyclic) bond motifs is 1. The predicted molar refractivity (Wildman–Crippen MR) is 104 cm³/mol. The summed E-state index contributed by atoms with van der Waals surface area (Å²) in [6, 6.07) is 5.90. The Balaban J connectivity index is 1.91. The Morgan fingerprint density at radius 2 is 1.90 bits per heavy atom. The van der Waals surface area contributed by atoms with Crippen LogP contribution in [0.5, 0.6) is 5.75 Å². The maximum absolute atomic E-state index is 13.0. The molecule has 3 rings (SSSR count). The summed E-state index contributed by atoms with van der Waals surface area (Å²) in [4.78, 5) is 38.0. The molecule has 0 saturated carbocycles. The first-order valence-corrected chi connectivity index (χ1v) is 9.14. The molecule has 0 radical (unpaired) electrons. The number of alkyl halides is 3. The SMILES string of the molecule is CC(=O)c1ccc2c(c1)N(C(C)C(=O)Nc1cc(C(F)(F)F)ccc1Cl)C(=O)CO2. The molecule has 0 aliphatic carbocycles. The van der Waals surface area contributed by atoms with Gasteiger partial charge in [0.05, 0.1) is 22.0 Å². The van der Waals surface area contributed by atoms with Crippen molar-refractivity contribution >= 4 is 40.6 Å². The van der Waals surface area contributed by atoms with Gasteiger partial charge in [0.1, 0.15) is 11.8 Å². The second-order valence-corrected chi connectivity index (χ2v) is 7.06. The number of Topliss-reactive ketones (excluding diaryl/α,β-unsaturated/α-hetero) is 1. The molecule has 0 fully saturated rings. The number of benzene rings is 2. The molecule has 1 unspecified atom stereocenters. The number of ether oxygens (including phenoxy) is 1. The summed E-state index contributed by atoms with van der Waals surface area (Å²) in [6.45, 7) is 2.43. The van der Waals surface area contributed by atoms with E-state index in [1.165, 1.54) is 32.0 Å². The molecule has 2 aromatic carbocycles. The van der Waals surface area contributed by atoms with Crippen molar-refractivity contribution in [3.05, 3.63) is 52.5 Å². The van der Waals surface area contributed by atoms with E-state index < -0.39 is 29.6 Å². The lowest BCUT2D eigenvalue weighted by atomic mass is 10.1. The summed E-state index contributed by atoms with van der Waals surface area (Å²) in [5.41, 5.74) is -0.683. The normalized spacial score (nSPS) is 14.6. The summed E-state index contributed by atoms with van der Waals surface area (Å²) in [7, 11) is 0. The van der Waals surface area contributed by atoms with Gasteiger partial charge in [0.2, 0.25) is 5.91 Å². The van der Waals surface area contributed by atoms with Crippen LogP contribution >= 0.6 is 11.6 Å². The zero-order valence-corrected chi connectivity index (χ0v) is 16.6. The van der Waals surface area contributed by atoms with E-state index in [0.717, 1.165) is 23.1 Å². The van der Waals surface area contributed by atoms with Gasteiger partial charge in [-0.15, -0.1) is 0 Å². The van der Waals surface area contributed by atoms with Crippen LogP contribution in [0.4, 0.5) is 24.5 Å². The number of hydrogen-bond donors (Lipinski definition) is 1. The van der Waals surface area contributed by atoms with Gasteiger partial charge in [0, 0.05) is 5.56 Å². The highest BCUT2D eigenvalue weighted by Crippen LogP contribution is 2.36. The number of carbonyl (C=O) groups excluding carboxylic acids is 3. The molecule has 1 aliphatic rings. The van der Waals surface area contributed by atoms with Crippen LogP contribution < -0.4 is 15.0 Å². The molecule has 1 N–H and O–H groups in total. The molecule has 0 saturated heterocycles. The molecule has 30 heavy (non-hydrogen) atoms. The number of nitrogens with zero attached hydrogens (tertiary/aromatic N) is 1. The first-order valence-electron chi connectivity index (χ1n) is 8.76. The first-order chi connectivity index (χ1) is 14.0. The van der Waals surface area contributed by atoms with E-state index in [-0.39, 0.29) is 28.8 Å². The summed E-state index contributed by atoms with van der Waals surface area (Å²) in [5, 5.41) is 2.25. The smallest absolute Gasteiger partial charge is 0.416 e. The number of ketones is 1. The second kappa shape index (κ2) is 7.98. The van der Waals surface area contributed by atoms with Crippen LogP contribution in [0.25, 0.3) is 0 Å². The largest absolute Gasteiger partial charge is 0.482 e. The molecule has 10 heteroatoms. The lowest BCUT2D eigenvalue weighted by molar-refractivity contribution is -0.137. The molecular formula is C20H16ClF3N2O4. The van der Waals surface area contributed by atoms with Crippen LogP contribution in [-0.4, -0.2) is 30.2 Å². The number of carbonyl (C=O) groups is 3. The topological polar surface area (TPSA) is 75.7 Å². The Hall–Kier alpha value is -3.07. The maximum Gasteiger partial charge on any atom is 0.416 e. The summed E-state index contributed by atoms with van der Waals surface area (Å²) in [6.07, 6.45) is -4.61. The molecule has 2 aromatic rings. The molecule has 1 atom stereocenters. The highest BCUT2D eigenvalue weighted by atomic mass is 35.5. The zero-order chi connectivity index (χ0) is 22.2. The Morgan fingerprint density at radius 3 is 2.53 bits per heavy atom. The minimum atomic E-state index is -4.61. The van der Waals surface area contributed by atoms with Crippen molar-refractivity contribution < 1.29 is 32.3 Å². The average molecular weight is 441 g/mol. The van der Waals surface area contributed by atoms with Crippen molar-refractivity contribution in [2.45, 2.75) is 26.1 Å². The highest BCUT2D eigenvalue weighted by molar-refractivity contribution is 6.33. The maximum atomic E-state index is 13.0. The standard InChI is InChI=1S/C20H16ClF3N2O4/c1-10(19(29)25-15-8-13(20(22,23)24)4-5-14(15)21)26-16-7-12(11(2)27)3-6-17(16)30-9-18(26)28/h3-8,10H,9H2,1-2H3,(H,25,29). The van der Waals surface area contributed by atoms with Crippen LogP contribution in [0.15, 0.2) is 36.4 Å². The molecule has 6 nitrogen and oxygen atoms in total. The van der Waals surface area contributed by atoms with Gasteiger partial charge in [-0.25, -0.2) is 0 Å². The number of rotatable bonds is 4. The van der Waals surface area contributed by atoms with E-state index in [4.69, 9.17) is 16.3 Å². The fourth-order valence-corrected chi connectivity index (χ4v) is 3.13. The molecule has 1 aliphatic heterocycles. The van der Waals surface area contributed by atoms with Gasteiger partial charge in [-0.2, -0.15) is 13.2 Å². The summed E-state index contributed by atoms with van der Waals surface area (Å²) in [5.74, 6) is -1.24. The van der Waals surface area contributed by atoms with Gasteiger partial charge in [0.25, 0.3) is 5.91 Å². The van der Waals surface area contributed by atoms with Crippen LogP contribution in [0.1, 0.15) is 29.8 Å². The lowest BCUT2D eigenvalue weighted by Crippen LogP contribution is -2.49. The molecular weight excluding hydrogens is 425 g/mol. The van der Waals surface area contributed by atoms with Crippen molar-refractivity contribution in [3.63, 3.8) is 0 Å². The molecule has 0 bridgehead atoms. The van der Waals surface area contributed by atoms with Crippen molar-refractivity contribution in [1.82, 2.24) is 0 Å². The highest BCUT2D eigenvalue weighted by Gasteiger charge is 2.35. The van der Waals surface area contributed by atoms with Gasteiger partial charge < -0.3 is 10.1 Å². The van der Waals surface area contributed by atoms with Gasteiger partial charge in [-0.05, 0) is 50.2 Å². The Bertz CT molecular complexity index is 1040. The van der Waals surface area contributed by atoms with Gasteiger partial charge in [-0.3, -0.25) is 19.3 Å². The van der Waals surface area contributed by atoms with Crippen molar-refractivity contribution in [2.24, 2.45) is 0 Å². The van der Waals surface area contributed by atoms with Crippen LogP contribution in [0.3, 0.4) is 0 Å². The first kappa shape index (κ1) is 21.6. The molecule has 158 valence electrons. The van der Waals surface area contributed by atoms with Crippen molar-refractivity contribution in [3.8, 4) is 5.75 Å². The Kier molecular flexibility index (Phi) is 5.76. The van der Waals surface area contributed by atoms with E-state index in [1.807, 2.05) is 0 Å². The van der Waals surface area contributed by atoms with E-state index in [0.29, 0.717) is 11.3 Å². The van der Waals surface area contributed by atoms with E-state index in [1.54, 1.807) is 0 Å². The van der Waals surface area contributed by atoms with Gasteiger partial charge in [0.15, 0.2) is 12.4 Å². The quantitative estimate of drug-likeness (QED) is 0.719. The summed E-state index contributed by atoms with van der Waals surface area (Å²) < 4.78 is 44.2. The summed E-state index contributed by atoms with van der Waals surface area (Å²) >= 11 is 5.93. The predicted octanol–water partition coefficient (Wildman–Crippen LogP) is 4.31. The van der Waals surface area contributed by atoms with Crippen molar-refractivity contribution in [2.75, 3.05) is 16.8 Å². The number of halogens is 4. The van der Waals surface area contributed by atoms with Gasteiger partial charge >= 0.3 is 6.18 Å². The lowest BCUT2D eigenvalue weighted by Gasteiger charge is -2.33. The molecule has 2 amide bonds. The third kappa shape index (κ3) is 4.25. The zero-order valence-electron chi connectivity index (χ0n) is 15.8. The third-order valence-corrected chi connectivity index (χ3v) is 4.89. The van der Waals surface area contributed by atoms with E-state index >= 15 is 0 Å². The minimum Gasteiger partial charge on any atom is -0.482 e. The Morgan fingerprint density at radius 1 is 1.20 bits per heavy atom. The number of anilines is 2. The molecule has 0 aromatic heterocycles. The number of amides is 2. The second-order valence-electron chi connectivity index (χ2n) is 6.65. The average Bonchev–Trinajstić information content (AvgIpc) is 2.67. The van der Waals surface area contributed by atoms with Crippen LogP contribution in [0, 0.1) is 0 Å².